The molecule has 9 heteroatoms. The van der Waals surface area contributed by atoms with Crippen LogP contribution in [0.25, 0.3) is 0 Å². The molecule has 7 nitrogen and oxygen atoms in total. The van der Waals surface area contributed by atoms with E-state index in [9.17, 15) is 23.3 Å². The lowest BCUT2D eigenvalue weighted by Crippen LogP contribution is -2.27. The zero-order valence-corrected chi connectivity index (χ0v) is 11.9. The Bertz CT molecular complexity index is 667. The number of hydrogen-bond donors (Lipinski definition) is 0. The summed E-state index contributed by atoms with van der Waals surface area (Å²) in [7, 11) is 1.05. The van der Waals surface area contributed by atoms with Crippen molar-refractivity contribution in [2.45, 2.75) is 17.7 Å². The van der Waals surface area contributed by atoms with Gasteiger partial charge < -0.3 is 4.90 Å². The summed E-state index contributed by atoms with van der Waals surface area (Å²) in [6.45, 7) is 1.12. The molecule has 1 saturated heterocycles. The average molecular weight is 319 g/mol. The summed E-state index contributed by atoms with van der Waals surface area (Å²) in [5, 5.41) is 10.8. The van der Waals surface area contributed by atoms with Crippen LogP contribution in [0.1, 0.15) is 23.2 Å². The minimum absolute atomic E-state index is 0.0414. The molecule has 1 aliphatic heterocycles. The highest BCUT2D eigenvalue weighted by Crippen LogP contribution is 2.25. The first-order chi connectivity index (χ1) is 9.29. The Morgan fingerprint density at radius 1 is 1.25 bits per heavy atom. The molecule has 1 aromatic rings. The molecule has 0 N–H and O–H groups in total. The summed E-state index contributed by atoms with van der Waals surface area (Å²) in [4.78, 5) is 23.3. The molecule has 2 rings (SSSR count). The molecule has 1 aromatic carbocycles. The number of halogens is 1. The van der Waals surface area contributed by atoms with E-state index in [1.165, 1.54) is 4.90 Å². The van der Waals surface area contributed by atoms with Crippen LogP contribution < -0.4 is 0 Å². The number of nitrogens with zero attached hydrogens (tertiary/aromatic N) is 2. The fourth-order valence-corrected chi connectivity index (χ4v) is 2.85. The smallest absolute Gasteiger partial charge is 0.271 e. The molecule has 0 radical (unpaired) electrons. The van der Waals surface area contributed by atoms with Crippen LogP contribution >= 0.6 is 10.7 Å². The summed E-state index contributed by atoms with van der Waals surface area (Å²) in [6, 6.07) is 2.96. The van der Waals surface area contributed by atoms with Crippen molar-refractivity contribution in [3.8, 4) is 0 Å². The number of likely N-dealkylation sites (tertiary alicyclic amines) is 1. The molecule has 0 bridgehead atoms. The number of non-ortho nitro benzene ring substituents is 1. The van der Waals surface area contributed by atoms with Crippen molar-refractivity contribution >= 4 is 31.3 Å². The maximum absolute atomic E-state index is 12.2. The van der Waals surface area contributed by atoms with Gasteiger partial charge in [-0.25, -0.2) is 8.42 Å². The minimum Gasteiger partial charge on any atom is -0.339 e. The Hall–Kier alpha value is -1.67. The van der Waals surface area contributed by atoms with E-state index in [1.807, 2.05) is 0 Å². The summed E-state index contributed by atoms with van der Waals surface area (Å²) in [5.74, 6) is -0.423. The first-order valence-corrected chi connectivity index (χ1v) is 8.13. The highest BCUT2D eigenvalue weighted by molar-refractivity contribution is 8.13. The second-order valence-electron chi connectivity index (χ2n) is 4.41. The highest BCUT2D eigenvalue weighted by atomic mass is 35.7. The lowest BCUT2D eigenvalue weighted by molar-refractivity contribution is -0.385. The number of nitro benzene ring substituents is 1. The van der Waals surface area contributed by atoms with Crippen LogP contribution in [0, 0.1) is 10.1 Å². The predicted octanol–water partition coefficient (Wildman–Crippen LogP) is 1.76. The summed E-state index contributed by atoms with van der Waals surface area (Å²) >= 11 is 0. The van der Waals surface area contributed by atoms with Gasteiger partial charge in [-0.15, -0.1) is 0 Å². The molecule has 0 atom stereocenters. The van der Waals surface area contributed by atoms with Gasteiger partial charge in [0, 0.05) is 41.5 Å². The predicted molar refractivity (Wildman–Crippen MR) is 71.3 cm³/mol. The van der Waals surface area contributed by atoms with E-state index in [0.29, 0.717) is 13.1 Å². The van der Waals surface area contributed by atoms with E-state index in [1.54, 1.807) is 0 Å². The fourth-order valence-electron chi connectivity index (χ4n) is 2.06. The molecule has 20 heavy (non-hydrogen) atoms. The number of carbonyl (C=O) groups is 1. The third-order valence-electron chi connectivity index (χ3n) is 3.02. The van der Waals surface area contributed by atoms with E-state index in [4.69, 9.17) is 10.7 Å². The van der Waals surface area contributed by atoms with Gasteiger partial charge in [0.1, 0.15) is 0 Å². The number of benzene rings is 1. The Morgan fingerprint density at radius 2 is 1.85 bits per heavy atom. The van der Waals surface area contributed by atoms with Crippen LogP contribution in [0.2, 0.25) is 0 Å². The number of hydrogen-bond acceptors (Lipinski definition) is 5. The second kappa shape index (κ2) is 5.37. The van der Waals surface area contributed by atoms with Gasteiger partial charge >= 0.3 is 0 Å². The monoisotopic (exact) mass is 318 g/mol. The van der Waals surface area contributed by atoms with Crippen molar-refractivity contribution in [3.63, 3.8) is 0 Å². The maximum atomic E-state index is 12.2. The Morgan fingerprint density at radius 3 is 2.35 bits per heavy atom. The molecule has 0 unspecified atom stereocenters. The Labute approximate surface area is 119 Å². The molecule has 0 saturated carbocycles. The minimum atomic E-state index is -4.14. The van der Waals surface area contributed by atoms with Crippen LogP contribution in [0.4, 0.5) is 5.69 Å². The van der Waals surface area contributed by atoms with Crippen LogP contribution in [-0.2, 0) is 9.05 Å². The zero-order chi connectivity index (χ0) is 14.9. The Kier molecular flexibility index (Phi) is 3.96. The first-order valence-electron chi connectivity index (χ1n) is 5.82. The third kappa shape index (κ3) is 3.07. The zero-order valence-electron chi connectivity index (χ0n) is 10.3. The van der Waals surface area contributed by atoms with E-state index in [0.717, 1.165) is 31.0 Å². The van der Waals surface area contributed by atoms with Crippen molar-refractivity contribution in [2.75, 3.05) is 13.1 Å². The van der Waals surface area contributed by atoms with Gasteiger partial charge in [-0.2, -0.15) is 0 Å². The quantitative estimate of drug-likeness (QED) is 0.480. The molecule has 0 spiro atoms. The van der Waals surface area contributed by atoms with Crippen molar-refractivity contribution < 1.29 is 18.1 Å². The van der Waals surface area contributed by atoms with Gasteiger partial charge in [0.05, 0.1) is 9.82 Å². The fraction of sp³-hybridized carbons (Fsp3) is 0.364. The molecular formula is C11H11ClN2O5S. The molecule has 1 fully saturated rings. The van der Waals surface area contributed by atoms with Gasteiger partial charge in [-0.3, -0.25) is 14.9 Å². The first kappa shape index (κ1) is 14.7. The second-order valence-corrected chi connectivity index (χ2v) is 6.98. The van der Waals surface area contributed by atoms with Crippen LogP contribution in [0.15, 0.2) is 23.1 Å². The van der Waals surface area contributed by atoms with Crippen LogP contribution in [-0.4, -0.2) is 37.2 Å². The standard InChI is InChI=1S/C11H11ClN2O5S/c12-20(18,19)10-6-8(5-9(7-10)14(16)17)11(15)13-3-1-2-4-13/h5-7H,1-4H2. The van der Waals surface area contributed by atoms with Gasteiger partial charge in [-0.1, -0.05) is 0 Å². The van der Waals surface area contributed by atoms with Crippen molar-refractivity contribution in [2.24, 2.45) is 0 Å². The van der Waals surface area contributed by atoms with Crippen molar-refractivity contribution in [3.05, 3.63) is 33.9 Å². The maximum Gasteiger partial charge on any atom is 0.271 e. The van der Waals surface area contributed by atoms with E-state index < -0.39 is 30.5 Å². The average Bonchev–Trinajstić information content (AvgIpc) is 2.90. The van der Waals surface area contributed by atoms with Crippen LogP contribution in [0.3, 0.4) is 0 Å². The summed E-state index contributed by atoms with van der Waals surface area (Å²) in [5.41, 5.74) is -0.519. The largest absolute Gasteiger partial charge is 0.339 e. The third-order valence-corrected chi connectivity index (χ3v) is 4.36. The number of rotatable bonds is 3. The molecule has 1 aliphatic rings. The molecule has 0 aromatic heterocycles. The normalized spacial score (nSPS) is 15.3. The summed E-state index contributed by atoms with van der Waals surface area (Å²) < 4.78 is 22.6. The Balaban J connectivity index is 2.49. The lowest BCUT2D eigenvalue weighted by atomic mass is 10.2. The number of amides is 1. The SMILES string of the molecule is O=C(c1cc([N+](=O)[O-])cc(S(=O)(=O)Cl)c1)N1CCCC1. The molecule has 1 amide bonds. The molecule has 1 heterocycles. The molecule has 0 aliphatic carbocycles. The van der Waals surface area contributed by atoms with Crippen LogP contribution in [0.5, 0.6) is 0 Å². The van der Waals surface area contributed by atoms with E-state index >= 15 is 0 Å². The van der Waals surface area contributed by atoms with Gasteiger partial charge in [0.15, 0.2) is 0 Å². The van der Waals surface area contributed by atoms with Gasteiger partial charge in [0.25, 0.3) is 20.6 Å². The molecule has 108 valence electrons. The van der Waals surface area contributed by atoms with Gasteiger partial charge in [-0.05, 0) is 18.9 Å². The molecular weight excluding hydrogens is 308 g/mol. The number of nitro groups is 1. The van der Waals surface area contributed by atoms with E-state index in [-0.39, 0.29) is 5.56 Å². The summed E-state index contributed by atoms with van der Waals surface area (Å²) in [6.07, 6.45) is 1.72. The highest BCUT2D eigenvalue weighted by Gasteiger charge is 2.24. The van der Waals surface area contributed by atoms with Crippen molar-refractivity contribution in [1.29, 1.82) is 0 Å². The topological polar surface area (TPSA) is 97.6 Å². The number of carbonyl (C=O) groups excluding carboxylic acids is 1. The van der Waals surface area contributed by atoms with Gasteiger partial charge in [0.2, 0.25) is 0 Å². The lowest BCUT2D eigenvalue weighted by Gasteiger charge is -2.15. The van der Waals surface area contributed by atoms with E-state index in [2.05, 4.69) is 0 Å². The van der Waals surface area contributed by atoms with Crippen molar-refractivity contribution in [1.82, 2.24) is 4.90 Å².